The number of benzene rings is 4. The molecule has 2 atom stereocenters. The van der Waals surface area contributed by atoms with Gasteiger partial charge in [0, 0.05) is 40.8 Å². The van der Waals surface area contributed by atoms with Gasteiger partial charge in [0.1, 0.15) is 23.0 Å². The first-order valence-corrected chi connectivity index (χ1v) is 18.2. The minimum Gasteiger partial charge on any atom is -0.444 e. The SMILES string of the molecule is Cc1n[nH]c2c(F)cc(C(=O)Nc3ccc4c(c3)nc(CN3CCC(c5cccc6c5OC(C)(c5ccc(Cl)cc5F)O6)CC3)n4C[C@@H]3CCO3)cc12. The molecule has 4 aromatic carbocycles. The summed E-state index contributed by atoms with van der Waals surface area (Å²) in [4.78, 5) is 20.7. The van der Waals surface area contributed by atoms with E-state index in [1.807, 2.05) is 30.3 Å². The molecule has 1 amide bonds. The molecule has 2 fully saturated rings. The number of hydrogen-bond donors (Lipinski definition) is 2. The lowest BCUT2D eigenvalue weighted by molar-refractivity contribution is -0.0712. The van der Waals surface area contributed by atoms with Gasteiger partial charge in [0.15, 0.2) is 11.5 Å². The highest BCUT2D eigenvalue weighted by atomic mass is 35.5. The molecule has 3 aliphatic rings. The Bertz CT molecular complexity index is 2400. The van der Waals surface area contributed by atoms with Crippen molar-refractivity contribution in [3.63, 3.8) is 0 Å². The number of nitrogens with zero attached hydrogens (tertiary/aromatic N) is 4. The number of likely N-dealkylation sites (tertiary alicyclic amines) is 1. The molecule has 2 aromatic heterocycles. The minimum absolute atomic E-state index is 0.127. The van der Waals surface area contributed by atoms with Gasteiger partial charge in [-0.1, -0.05) is 23.7 Å². The van der Waals surface area contributed by atoms with Crippen molar-refractivity contribution in [3.05, 3.63) is 112 Å². The Morgan fingerprint density at radius 2 is 1.87 bits per heavy atom. The molecule has 2 N–H and O–H groups in total. The van der Waals surface area contributed by atoms with Crippen molar-refractivity contribution in [2.75, 3.05) is 25.0 Å². The number of rotatable bonds is 8. The van der Waals surface area contributed by atoms with E-state index in [2.05, 4.69) is 31.0 Å². The number of para-hydroxylation sites is 1. The number of aryl methyl sites for hydroxylation is 1. The lowest BCUT2D eigenvalue weighted by atomic mass is 9.88. The maximum Gasteiger partial charge on any atom is 0.278 e. The number of fused-ring (bicyclic) bond motifs is 3. The van der Waals surface area contributed by atoms with Crippen LogP contribution in [0.1, 0.15) is 65.1 Å². The zero-order valence-corrected chi connectivity index (χ0v) is 30.0. The zero-order valence-electron chi connectivity index (χ0n) is 29.2. The molecule has 10 nitrogen and oxygen atoms in total. The van der Waals surface area contributed by atoms with Crippen LogP contribution in [0.25, 0.3) is 21.9 Å². The van der Waals surface area contributed by atoms with Gasteiger partial charge >= 0.3 is 0 Å². The van der Waals surface area contributed by atoms with Crippen molar-refractivity contribution in [2.45, 2.75) is 64.0 Å². The molecule has 5 heterocycles. The van der Waals surface area contributed by atoms with Crippen molar-refractivity contribution in [3.8, 4) is 11.5 Å². The third kappa shape index (κ3) is 6.18. The van der Waals surface area contributed by atoms with E-state index in [-0.39, 0.29) is 23.1 Å². The average molecular weight is 739 g/mol. The fourth-order valence-electron chi connectivity index (χ4n) is 7.79. The maximum absolute atomic E-state index is 14.9. The first kappa shape index (κ1) is 33.8. The molecule has 1 unspecified atom stereocenters. The summed E-state index contributed by atoms with van der Waals surface area (Å²) in [6.45, 7) is 7.29. The molecular weight excluding hydrogens is 702 g/mol. The van der Waals surface area contributed by atoms with Crippen LogP contribution in [0.15, 0.2) is 66.7 Å². The van der Waals surface area contributed by atoms with Crippen molar-refractivity contribution >= 4 is 45.1 Å². The van der Waals surface area contributed by atoms with Gasteiger partial charge in [-0.05, 0) is 99.8 Å². The molecular formula is C40H37ClF2N6O4. The third-order valence-electron chi connectivity index (χ3n) is 10.8. The molecule has 0 aliphatic carbocycles. The fourth-order valence-corrected chi connectivity index (χ4v) is 7.95. The Morgan fingerprint density at radius 3 is 2.64 bits per heavy atom. The predicted octanol–water partition coefficient (Wildman–Crippen LogP) is 8.22. The molecule has 0 bridgehead atoms. The normalized spacial score (nSPS) is 20.3. The molecule has 0 radical (unpaired) electrons. The number of piperidine rings is 1. The number of H-pyrrole nitrogens is 1. The van der Waals surface area contributed by atoms with E-state index >= 15 is 0 Å². The summed E-state index contributed by atoms with van der Waals surface area (Å²) in [5, 5.41) is 10.5. The van der Waals surface area contributed by atoms with Crippen molar-refractivity contribution in [1.29, 1.82) is 0 Å². The van der Waals surface area contributed by atoms with Gasteiger partial charge in [-0.15, -0.1) is 0 Å². The van der Waals surface area contributed by atoms with Crippen molar-refractivity contribution < 1.29 is 27.8 Å². The average Bonchev–Trinajstić information content (AvgIpc) is 3.78. The molecule has 53 heavy (non-hydrogen) atoms. The summed E-state index contributed by atoms with van der Waals surface area (Å²) in [6, 6.07) is 19.0. The van der Waals surface area contributed by atoms with Crippen molar-refractivity contribution in [2.24, 2.45) is 0 Å². The third-order valence-corrected chi connectivity index (χ3v) is 11.0. The summed E-state index contributed by atoms with van der Waals surface area (Å²) >= 11 is 6.01. The topological polar surface area (TPSA) is 107 Å². The minimum atomic E-state index is -1.30. The number of aromatic amines is 1. The molecule has 272 valence electrons. The van der Waals surface area contributed by atoms with Crippen LogP contribution in [-0.2, 0) is 23.6 Å². The lowest BCUT2D eigenvalue weighted by Gasteiger charge is -2.33. The quantitative estimate of drug-likeness (QED) is 0.162. The van der Waals surface area contributed by atoms with E-state index in [0.717, 1.165) is 61.4 Å². The number of aromatic nitrogens is 4. The second kappa shape index (κ2) is 13.1. The van der Waals surface area contributed by atoms with Crippen LogP contribution < -0.4 is 14.8 Å². The van der Waals surface area contributed by atoms with Crippen LogP contribution in [0.4, 0.5) is 14.5 Å². The van der Waals surface area contributed by atoms with Crippen LogP contribution in [0.5, 0.6) is 11.5 Å². The fraction of sp³-hybridized carbons (Fsp3) is 0.325. The molecule has 0 saturated carbocycles. The number of imidazole rings is 1. The van der Waals surface area contributed by atoms with Gasteiger partial charge in [-0.3, -0.25) is 14.8 Å². The Kier molecular flexibility index (Phi) is 8.36. The lowest BCUT2D eigenvalue weighted by Crippen LogP contribution is -2.35. The van der Waals surface area contributed by atoms with E-state index in [1.165, 1.54) is 12.1 Å². The summed E-state index contributed by atoms with van der Waals surface area (Å²) in [5.74, 6) is -0.293. The Morgan fingerprint density at radius 1 is 1.04 bits per heavy atom. The van der Waals surface area contributed by atoms with Crippen LogP contribution >= 0.6 is 11.6 Å². The summed E-state index contributed by atoms with van der Waals surface area (Å²) in [7, 11) is 0. The van der Waals surface area contributed by atoms with Gasteiger partial charge in [0.2, 0.25) is 0 Å². The standard InChI is InChI=1S/C40H37ClF2N6O4/c1-22-29-16-24(17-32(43)37(29)47-46-22)39(50)44-26-7-9-34-33(19-26)45-36(49(34)20-27-12-15-51-27)21-48-13-10-23(11-14-48)28-4-3-5-35-38(28)53-40(2,52-35)30-8-6-25(41)18-31(30)42/h3-9,16-19,23,27H,10-15,20-21H2,1-2H3,(H,44,50)(H,46,47)/t27-,40?/m0/s1. The first-order valence-electron chi connectivity index (χ1n) is 17.9. The van der Waals surface area contributed by atoms with E-state index in [9.17, 15) is 13.6 Å². The number of hydrogen-bond acceptors (Lipinski definition) is 7. The Balaban J connectivity index is 0.912. The summed E-state index contributed by atoms with van der Waals surface area (Å²) < 4.78 is 50.3. The van der Waals surface area contributed by atoms with Gasteiger partial charge in [-0.2, -0.15) is 5.10 Å². The van der Waals surface area contributed by atoms with E-state index < -0.39 is 23.3 Å². The highest BCUT2D eigenvalue weighted by Gasteiger charge is 2.43. The molecule has 2 saturated heterocycles. The molecule has 9 rings (SSSR count). The largest absolute Gasteiger partial charge is 0.444 e. The smallest absolute Gasteiger partial charge is 0.278 e. The Labute approximate surface area is 309 Å². The van der Waals surface area contributed by atoms with Crippen LogP contribution in [0, 0.1) is 18.6 Å². The van der Waals surface area contributed by atoms with E-state index in [4.69, 9.17) is 30.8 Å². The first-order chi connectivity index (χ1) is 25.6. The number of amides is 1. The number of nitrogens with one attached hydrogen (secondary N) is 2. The van der Waals surface area contributed by atoms with Gasteiger partial charge in [0.05, 0.1) is 41.5 Å². The molecule has 3 aliphatic heterocycles. The van der Waals surface area contributed by atoms with Crippen LogP contribution in [-0.4, -0.2) is 56.4 Å². The molecule has 13 heteroatoms. The van der Waals surface area contributed by atoms with Crippen LogP contribution in [0.2, 0.25) is 5.02 Å². The predicted molar refractivity (Wildman–Crippen MR) is 197 cm³/mol. The second-order valence-electron chi connectivity index (χ2n) is 14.3. The number of carbonyl (C=O) groups is 1. The summed E-state index contributed by atoms with van der Waals surface area (Å²) in [5.41, 5.74) is 4.75. The molecule has 6 aromatic rings. The van der Waals surface area contributed by atoms with Gasteiger partial charge in [0.25, 0.3) is 11.7 Å². The van der Waals surface area contributed by atoms with E-state index in [1.54, 1.807) is 32.0 Å². The maximum atomic E-state index is 14.9. The second-order valence-corrected chi connectivity index (χ2v) is 14.7. The number of ether oxygens (including phenoxy) is 3. The van der Waals surface area contributed by atoms with Crippen LogP contribution in [0.3, 0.4) is 0 Å². The van der Waals surface area contributed by atoms with Gasteiger partial charge in [-0.25, -0.2) is 13.8 Å². The number of anilines is 1. The summed E-state index contributed by atoms with van der Waals surface area (Å²) in [6.07, 6.45) is 2.92. The number of carbonyl (C=O) groups excluding carboxylic acids is 1. The molecule has 0 spiro atoms. The zero-order chi connectivity index (χ0) is 36.4. The Hall–Kier alpha value is -5.04. The highest BCUT2D eigenvalue weighted by Crippen LogP contribution is 2.50. The monoisotopic (exact) mass is 738 g/mol. The number of halogens is 3. The van der Waals surface area contributed by atoms with Gasteiger partial charge < -0.3 is 24.1 Å². The van der Waals surface area contributed by atoms with E-state index in [0.29, 0.717) is 51.9 Å². The van der Waals surface area contributed by atoms with Crippen molar-refractivity contribution in [1.82, 2.24) is 24.6 Å². The highest BCUT2D eigenvalue weighted by molar-refractivity contribution is 6.30.